The number of nitrogens with zero attached hydrogens (tertiary/aromatic N) is 2. The first-order valence-electron chi connectivity index (χ1n) is 6.76. The average molecular weight is 322 g/mol. The molecular weight excluding hydrogens is 304 g/mol. The van der Waals surface area contributed by atoms with E-state index in [-0.39, 0.29) is 11.5 Å². The van der Waals surface area contributed by atoms with Crippen LogP contribution in [0.4, 0.5) is 0 Å². The molecule has 0 spiro atoms. The summed E-state index contributed by atoms with van der Waals surface area (Å²) in [7, 11) is -2.00. The molecule has 22 heavy (non-hydrogen) atoms. The molecule has 0 aliphatic carbocycles. The lowest BCUT2D eigenvalue weighted by Gasteiger charge is -2.17. The quantitative estimate of drug-likeness (QED) is 0.806. The average Bonchev–Trinajstić information content (AvgIpc) is 2.83. The molecule has 1 heterocycles. The van der Waals surface area contributed by atoms with Crippen molar-refractivity contribution in [2.45, 2.75) is 19.2 Å². The predicted molar refractivity (Wildman–Crippen MR) is 81.6 cm³/mol. The highest BCUT2D eigenvalue weighted by Crippen LogP contribution is 2.10. The van der Waals surface area contributed by atoms with Crippen molar-refractivity contribution in [1.29, 1.82) is 0 Å². The topological polar surface area (TPSA) is 80.5 Å². The molecule has 1 aromatic carbocycles. The van der Waals surface area contributed by atoms with Crippen molar-refractivity contribution in [1.82, 2.24) is 10.1 Å². The summed E-state index contributed by atoms with van der Waals surface area (Å²) in [5.74, 6) is -1.06. The molecule has 118 valence electrons. The lowest BCUT2D eigenvalue weighted by Crippen LogP contribution is -2.32. The zero-order valence-corrected chi connectivity index (χ0v) is 13.3. The largest absolute Gasteiger partial charge is 0.360 e. The van der Waals surface area contributed by atoms with Crippen LogP contribution in [0.15, 0.2) is 40.9 Å². The van der Waals surface area contributed by atoms with Gasteiger partial charge < -0.3 is 9.42 Å². The van der Waals surface area contributed by atoms with Gasteiger partial charge in [0.1, 0.15) is 11.5 Å². The lowest BCUT2D eigenvalue weighted by atomic mass is 10.2. The van der Waals surface area contributed by atoms with E-state index in [0.717, 1.165) is 5.56 Å². The van der Waals surface area contributed by atoms with E-state index in [4.69, 9.17) is 4.52 Å². The van der Waals surface area contributed by atoms with Gasteiger partial charge in [0.25, 0.3) is 0 Å². The first-order chi connectivity index (χ1) is 10.4. The molecule has 0 N–H and O–H groups in total. The Labute approximate surface area is 129 Å². The van der Waals surface area contributed by atoms with Crippen LogP contribution in [0.1, 0.15) is 17.0 Å². The molecule has 0 fully saturated rings. The number of rotatable bonds is 6. The highest BCUT2D eigenvalue weighted by Gasteiger charge is 2.22. The van der Waals surface area contributed by atoms with Crippen LogP contribution < -0.4 is 0 Å². The third-order valence-corrected chi connectivity index (χ3v) is 4.48. The Hall–Kier alpha value is -2.15. The van der Waals surface area contributed by atoms with Crippen molar-refractivity contribution in [2.24, 2.45) is 0 Å². The van der Waals surface area contributed by atoms with Gasteiger partial charge in [0.05, 0.1) is 5.69 Å². The van der Waals surface area contributed by atoms with E-state index in [9.17, 15) is 13.2 Å². The van der Waals surface area contributed by atoms with Crippen LogP contribution in [0.3, 0.4) is 0 Å². The van der Waals surface area contributed by atoms with Crippen LogP contribution in [-0.2, 0) is 26.9 Å². The van der Waals surface area contributed by atoms with Crippen molar-refractivity contribution in [3.63, 3.8) is 0 Å². The molecule has 7 heteroatoms. The molecule has 0 unspecified atom stereocenters. The Bertz CT molecular complexity index is 738. The number of benzene rings is 1. The van der Waals surface area contributed by atoms with Crippen LogP contribution in [0.5, 0.6) is 0 Å². The molecule has 2 rings (SSSR count). The van der Waals surface area contributed by atoms with E-state index in [1.165, 1.54) is 4.90 Å². The minimum Gasteiger partial charge on any atom is -0.360 e. The van der Waals surface area contributed by atoms with Gasteiger partial charge in [-0.15, -0.1) is 0 Å². The molecule has 1 amide bonds. The summed E-state index contributed by atoms with van der Waals surface area (Å²) < 4.78 is 29.0. The standard InChI is InChI=1S/C15H18N2O4S/c1-12-8-14(21-16-12)10-22(19,20)11-15(18)17(2)9-13-6-4-3-5-7-13/h3-8H,9-11H2,1-2H3. The van der Waals surface area contributed by atoms with Gasteiger partial charge in [-0.3, -0.25) is 4.79 Å². The zero-order chi connectivity index (χ0) is 16.2. The Morgan fingerprint density at radius 2 is 1.95 bits per heavy atom. The number of sulfone groups is 1. The summed E-state index contributed by atoms with van der Waals surface area (Å²) in [6.07, 6.45) is 0. The van der Waals surface area contributed by atoms with Gasteiger partial charge >= 0.3 is 0 Å². The van der Waals surface area contributed by atoms with Crippen LogP contribution in [0.25, 0.3) is 0 Å². The Morgan fingerprint density at radius 1 is 1.27 bits per heavy atom. The number of amides is 1. The highest BCUT2D eigenvalue weighted by molar-refractivity contribution is 7.91. The summed E-state index contributed by atoms with van der Waals surface area (Å²) in [6, 6.07) is 10.9. The highest BCUT2D eigenvalue weighted by atomic mass is 32.2. The fourth-order valence-corrected chi connectivity index (χ4v) is 3.26. The maximum atomic E-state index is 12.1. The fraction of sp³-hybridized carbons (Fsp3) is 0.333. The molecule has 6 nitrogen and oxygen atoms in total. The van der Waals surface area contributed by atoms with Gasteiger partial charge in [0.2, 0.25) is 5.91 Å². The number of aryl methyl sites for hydroxylation is 1. The van der Waals surface area contributed by atoms with Gasteiger partial charge in [-0.2, -0.15) is 0 Å². The maximum absolute atomic E-state index is 12.1. The van der Waals surface area contributed by atoms with E-state index < -0.39 is 21.5 Å². The Balaban J connectivity index is 1.95. The lowest BCUT2D eigenvalue weighted by molar-refractivity contribution is -0.127. The third kappa shape index (κ3) is 4.70. The number of carbonyl (C=O) groups excluding carboxylic acids is 1. The molecule has 0 aliphatic rings. The summed E-state index contributed by atoms with van der Waals surface area (Å²) in [6.45, 7) is 2.08. The first kappa shape index (κ1) is 16.2. The Kier molecular flexibility index (Phi) is 4.97. The predicted octanol–water partition coefficient (Wildman–Crippen LogP) is 1.56. The summed E-state index contributed by atoms with van der Waals surface area (Å²) in [5, 5.41) is 3.64. The third-order valence-electron chi connectivity index (χ3n) is 3.07. The zero-order valence-electron chi connectivity index (χ0n) is 12.5. The van der Waals surface area contributed by atoms with Gasteiger partial charge in [-0.05, 0) is 12.5 Å². The van der Waals surface area contributed by atoms with Crippen LogP contribution in [0, 0.1) is 6.92 Å². The molecular formula is C15H18N2O4S. The SMILES string of the molecule is Cc1cc(CS(=O)(=O)CC(=O)N(C)Cc2ccccc2)on1. The maximum Gasteiger partial charge on any atom is 0.237 e. The normalized spacial score (nSPS) is 11.4. The van der Waals surface area contributed by atoms with Crippen LogP contribution in [0.2, 0.25) is 0 Å². The summed E-state index contributed by atoms with van der Waals surface area (Å²) in [5.41, 5.74) is 1.55. The molecule has 0 saturated carbocycles. The van der Waals surface area contributed by atoms with Gasteiger partial charge in [-0.1, -0.05) is 35.5 Å². The summed E-state index contributed by atoms with van der Waals surface area (Å²) in [4.78, 5) is 13.5. The van der Waals surface area contributed by atoms with E-state index in [2.05, 4.69) is 5.16 Å². The monoisotopic (exact) mass is 322 g/mol. The molecule has 1 aromatic heterocycles. The van der Waals surface area contributed by atoms with Crippen molar-refractivity contribution in [3.8, 4) is 0 Å². The number of carbonyl (C=O) groups is 1. The second kappa shape index (κ2) is 6.74. The minimum atomic E-state index is -3.58. The van der Waals surface area contributed by atoms with Gasteiger partial charge in [-0.25, -0.2) is 8.42 Å². The van der Waals surface area contributed by atoms with Crippen LogP contribution >= 0.6 is 0 Å². The molecule has 0 saturated heterocycles. The second-order valence-electron chi connectivity index (χ2n) is 5.20. The van der Waals surface area contributed by atoms with Crippen molar-refractivity contribution in [2.75, 3.05) is 12.8 Å². The smallest absolute Gasteiger partial charge is 0.237 e. The van der Waals surface area contributed by atoms with Gasteiger partial charge in [0, 0.05) is 19.7 Å². The minimum absolute atomic E-state index is 0.246. The van der Waals surface area contributed by atoms with E-state index in [1.54, 1.807) is 20.0 Å². The van der Waals surface area contributed by atoms with E-state index >= 15 is 0 Å². The fourth-order valence-electron chi connectivity index (χ4n) is 2.00. The molecule has 0 aliphatic heterocycles. The first-order valence-corrected chi connectivity index (χ1v) is 8.58. The van der Waals surface area contributed by atoms with E-state index in [1.807, 2.05) is 30.3 Å². The number of hydrogen-bond donors (Lipinski definition) is 0. The van der Waals surface area contributed by atoms with Crippen molar-refractivity contribution in [3.05, 3.63) is 53.4 Å². The van der Waals surface area contributed by atoms with E-state index in [0.29, 0.717) is 12.2 Å². The molecule has 2 aromatic rings. The summed E-state index contributed by atoms with van der Waals surface area (Å²) >= 11 is 0. The second-order valence-corrected chi connectivity index (χ2v) is 7.27. The van der Waals surface area contributed by atoms with Crippen molar-refractivity contribution < 1.29 is 17.7 Å². The molecule has 0 radical (unpaired) electrons. The van der Waals surface area contributed by atoms with Crippen molar-refractivity contribution >= 4 is 15.7 Å². The van der Waals surface area contributed by atoms with Crippen LogP contribution in [-0.4, -0.2) is 37.2 Å². The van der Waals surface area contributed by atoms with Gasteiger partial charge in [0.15, 0.2) is 15.6 Å². The number of hydrogen-bond acceptors (Lipinski definition) is 5. The number of aromatic nitrogens is 1. The Morgan fingerprint density at radius 3 is 2.55 bits per heavy atom. The molecule has 0 atom stereocenters. The molecule has 0 bridgehead atoms.